The largest absolute Gasteiger partial charge is 0.309 e. The first-order valence-electron chi connectivity index (χ1n) is 37.5. The average molecular weight is 1400 g/mol. The molecule has 0 fully saturated rings. The number of fused-ring (bicyclic) bond motifs is 26. The van der Waals surface area contributed by atoms with Crippen LogP contribution in [0.5, 0.6) is 0 Å². The van der Waals surface area contributed by atoms with Gasteiger partial charge in [0, 0.05) is 76.0 Å². The topological polar surface area (TPSA) is 81.1 Å². The molecule has 0 saturated heterocycles. The van der Waals surface area contributed by atoms with Crippen LogP contribution in [0.4, 0.5) is 0 Å². The molecule has 0 atom stereocenters. The molecule has 0 aliphatic heterocycles. The Morgan fingerprint density at radius 3 is 0.864 bits per heavy atom. The Balaban J connectivity index is 0.738. The molecule has 0 bridgehead atoms. The summed E-state index contributed by atoms with van der Waals surface area (Å²) >= 11 is 0. The molecule has 0 N–H and O–H groups in total. The molecule has 0 aliphatic rings. The molecular formula is C100H58N10. The van der Waals surface area contributed by atoms with Crippen LogP contribution < -0.4 is 0 Å². The molecule has 0 amide bonds. The van der Waals surface area contributed by atoms with Crippen molar-refractivity contribution < 1.29 is 0 Å². The van der Waals surface area contributed by atoms with Crippen LogP contribution in [0.2, 0.25) is 0 Å². The molecule has 25 rings (SSSR count). The van der Waals surface area contributed by atoms with E-state index in [4.69, 9.17) is 19.9 Å². The first-order chi connectivity index (χ1) is 54.6. The summed E-state index contributed by atoms with van der Waals surface area (Å²) in [6, 6.07) is 128. The van der Waals surface area contributed by atoms with Gasteiger partial charge >= 0.3 is 0 Å². The average Bonchev–Trinajstić information content (AvgIpc) is 1.55. The number of nitrogens with zero attached hydrogens (tertiary/aromatic N) is 10. The van der Waals surface area contributed by atoms with E-state index in [2.05, 4.69) is 379 Å². The SMILES string of the molecule is c1ccc2c(c1)ccc1c2c2ccccc2n1-c1ccc2c3c4ccccc4ccc3n(-c3nc4ccccc4nc3-n3c4ccccc4c4ccc(-c5ccc6ccc7c(c6c5)c5ccc(-n6c8ccccc8c8ccccc86)cc5n7-c5nc6ccccc6nc5-n5c6ccccc6c6ccccc65)cc43)c2c1. The Bertz CT molecular complexity index is 8280. The molecule has 0 aliphatic carbocycles. The van der Waals surface area contributed by atoms with E-state index in [0.29, 0.717) is 0 Å². The number of rotatable bonds is 7. The fraction of sp³-hybridized carbons (Fsp3) is 0. The van der Waals surface area contributed by atoms with Gasteiger partial charge in [0.2, 0.25) is 0 Å². The van der Waals surface area contributed by atoms with Gasteiger partial charge in [-0.3, -0.25) is 18.3 Å². The van der Waals surface area contributed by atoms with Gasteiger partial charge in [-0.05, 0) is 159 Å². The lowest BCUT2D eigenvalue weighted by atomic mass is 9.97. The summed E-state index contributed by atoms with van der Waals surface area (Å²) in [6.07, 6.45) is 0. The van der Waals surface area contributed by atoms with E-state index in [1.807, 2.05) is 0 Å². The van der Waals surface area contributed by atoms with Crippen molar-refractivity contribution in [2.75, 3.05) is 0 Å². The van der Waals surface area contributed by atoms with Crippen LogP contribution in [0.1, 0.15) is 0 Å². The molecule has 17 aromatic carbocycles. The second-order valence-corrected chi connectivity index (χ2v) is 29.2. The maximum Gasteiger partial charge on any atom is 0.182 e. The lowest BCUT2D eigenvalue weighted by Gasteiger charge is -2.17. The molecular weight excluding hydrogens is 1340 g/mol. The Morgan fingerprint density at radius 2 is 0.418 bits per heavy atom. The smallest absolute Gasteiger partial charge is 0.182 e. The minimum atomic E-state index is 0.720. The number of para-hydroxylation sites is 10. The van der Waals surface area contributed by atoms with Crippen LogP contribution in [0.15, 0.2) is 352 Å². The highest BCUT2D eigenvalue weighted by Crippen LogP contribution is 2.47. The molecule has 0 radical (unpaired) electrons. The molecule has 8 heterocycles. The maximum atomic E-state index is 5.85. The molecule has 25 aromatic rings. The highest BCUT2D eigenvalue weighted by atomic mass is 15.2. The van der Waals surface area contributed by atoms with Crippen molar-refractivity contribution in [3.8, 4) is 45.8 Å². The second kappa shape index (κ2) is 22.3. The summed E-state index contributed by atoms with van der Waals surface area (Å²) in [5, 5.41) is 21.0. The number of benzene rings is 17. The first kappa shape index (κ1) is 59.3. The van der Waals surface area contributed by atoms with Crippen LogP contribution >= 0.6 is 0 Å². The van der Waals surface area contributed by atoms with E-state index in [1.165, 1.54) is 43.1 Å². The molecule has 0 saturated carbocycles. The normalized spacial score (nSPS) is 12.4. The van der Waals surface area contributed by atoms with Crippen molar-refractivity contribution in [3.05, 3.63) is 352 Å². The fourth-order valence-electron chi connectivity index (χ4n) is 18.8. The van der Waals surface area contributed by atoms with E-state index in [9.17, 15) is 0 Å². The first-order valence-corrected chi connectivity index (χ1v) is 37.5. The van der Waals surface area contributed by atoms with Gasteiger partial charge in [-0.1, -0.05) is 237 Å². The summed E-state index contributed by atoms with van der Waals surface area (Å²) < 4.78 is 14.4. The Morgan fingerprint density at radius 1 is 0.155 bits per heavy atom. The lowest BCUT2D eigenvalue weighted by Crippen LogP contribution is -2.09. The van der Waals surface area contributed by atoms with Crippen LogP contribution in [0, 0.1) is 0 Å². The van der Waals surface area contributed by atoms with Gasteiger partial charge in [-0.2, -0.15) is 0 Å². The van der Waals surface area contributed by atoms with Crippen molar-refractivity contribution in [1.29, 1.82) is 0 Å². The van der Waals surface area contributed by atoms with E-state index in [1.54, 1.807) is 0 Å². The molecule has 10 heteroatoms. The van der Waals surface area contributed by atoms with Gasteiger partial charge in [0.15, 0.2) is 23.3 Å². The van der Waals surface area contributed by atoms with Crippen molar-refractivity contribution in [3.63, 3.8) is 0 Å². The summed E-state index contributed by atoms with van der Waals surface area (Å²) in [6.45, 7) is 0. The number of hydrogen-bond donors (Lipinski definition) is 0. The zero-order chi connectivity index (χ0) is 71.6. The standard InChI is InChI=1S/C100H58N10/c1-3-23-66-59(21-1)44-52-88-94(66)74-30-10-20-40-87(74)106(88)65-48-50-75-92(58-65)109(89-53-45-60-22-2-4-24-67(60)95(75)89)100-98(102-79-32-12-14-34-81(79)104-100)108-86-39-19-9-29-72(86)73-49-43-63(56-91(73)108)62-42-41-61-46-54-90-96(77(61)55-62)76-51-47-64(105-82-35-15-5-25-68(82)69-26-6-16-36-83(69)105)57-93(76)110(90)99-97(101-78-31-11-13-33-80(78)103-99)107-84-37-17-7-27-70(84)71-28-8-18-38-85(71)107/h1-58H. The highest BCUT2D eigenvalue weighted by molar-refractivity contribution is 6.26. The van der Waals surface area contributed by atoms with E-state index >= 15 is 0 Å². The minimum Gasteiger partial charge on any atom is -0.309 e. The zero-order valence-corrected chi connectivity index (χ0v) is 59.0. The molecule has 0 unspecified atom stereocenters. The van der Waals surface area contributed by atoms with Crippen LogP contribution in [0.3, 0.4) is 0 Å². The number of aromatic nitrogens is 10. The number of hydrogen-bond acceptors (Lipinski definition) is 4. The van der Waals surface area contributed by atoms with Crippen LogP contribution in [-0.4, -0.2) is 47.3 Å². The predicted molar refractivity (Wildman–Crippen MR) is 457 cm³/mol. The van der Waals surface area contributed by atoms with E-state index in [0.717, 1.165) is 188 Å². The minimum absolute atomic E-state index is 0.720. The maximum absolute atomic E-state index is 5.85. The Hall–Kier alpha value is -15.0. The zero-order valence-electron chi connectivity index (χ0n) is 59.0. The Labute approximate surface area is 626 Å². The van der Waals surface area contributed by atoms with Crippen molar-refractivity contribution in [1.82, 2.24) is 47.3 Å². The molecule has 8 aromatic heterocycles. The second-order valence-electron chi connectivity index (χ2n) is 29.2. The predicted octanol–water partition coefficient (Wildman–Crippen LogP) is 25.3. The molecule has 0 spiro atoms. The third kappa shape index (κ3) is 8.19. The van der Waals surface area contributed by atoms with Crippen LogP contribution in [0.25, 0.3) is 231 Å². The third-order valence-electron chi connectivity index (χ3n) is 23.5. The summed E-state index contributed by atoms with van der Waals surface area (Å²) in [7, 11) is 0. The van der Waals surface area contributed by atoms with E-state index < -0.39 is 0 Å². The van der Waals surface area contributed by atoms with Gasteiger partial charge in [0.25, 0.3) is 0 Å². The summed E-state index contributed by atoms with van der Waals surface area (Å²) in [5.74, 6) is 2.91. The van der Waals surface area contributed by atoms with Crippen molar-refractivity contribution in [2.45, 2.75) is 0 Å². The fourth-order valence-corrected chi connectivity index (χ4v) is 18.8. The van der Waals surface area contributed by atoms with Gasteiger partial charge in [-0.15, -0.1) is 0 Å². The van der Waals surface area contributed by atoms with Gasteiger partial charge in [0.1, 0.15) is 0 Å². The summed E-state index contributed by atoms with van der Waals surface area (Å²) in [5.41, 5.74) is 20.3. The van der Waals surface area contributed by atoms with Crippen molar-refractivity contribution >= 4 is 185 Å². The van der Waals surface area contributed by atoms with Gasteiger partial charge in [0.05, 0.1) is 88.3 Å². The summed E-state index contributed by atoms with van der Waals surface area (Å²) in [4.78, 5) is 23.2. The lowest BCUT2D eigenvalue weighted by molar-refractivity contribution is 0.995. The molecule has 110 heavy (non-hydrogen) atoms. The third-order valence-corrected chi connectivity index (χ3v) is 23.5. The van der Waals surface area contributed by atoms with Gasteiger partial charge in [-0.25, -0.2) is 19.9 Å². The quantitative estimate of drug-likeness (QED) is 0.159. The van der Waals surface area contributed by atoms with Gasteiger partial charge < -0.3 is 9.13 Å². The Kier molecular flexibility index (Phi) is 12.0. The monoisotopic (exact) mass is 1400 g/mol. The van der Waals surface area contributed by atoms with Crippen molar-refractivity contribution in [2.24, 2.45) is 0 Å². The van der Waals surface area contributed by atoms with E-state index in [-0.39, 0.29) is 0 Å². The van der Waals surface area contributed by atoms with Crippen LogP contribution in [-0.2, 0) is 0 Å². The molecule has 508 valence electrons. The highest BCUT2D eigenvalue weighted by Gasteiger charge is 2.29. The molecule has 10 nitrogen and oxygen atoms in total.